The summed E-state index contributed by atoms with van der Waals surface area (Å²) in [5.74, 6) is 0.336. The van der Waals surface area contributed by atoms with Gasteiger partial charge in [0, 0.05) is 15.4 Å². The molecule has 126 valence electrons. The highest BCUT2D eigenvalue weighted by molar-refractivity contribution is 9.10. The summed E-state index contributed by atoms with van der Waals surface area (Å²) in [7, 11) is 0. The summed E-state index contributed by atoms with van der Waals surface area (Å²) in [6, 6.07) is 16.8. The minimum absolute atomic E-state index is 0.315. The quantitative estimate of drug-likeness (QED) is 0.519. The van der Waals surface area contributed by atoms with E-state index in [4.69, 9.17) is 4.74 Å². The van der Waals surface area contributed by atoms with Gasteiger partial charge in [0.1, 0.15) is 11.4 Å². The lowest BCUT2D eigenvalue weighted by Gasteiger charge is -2.07. The highest BCUT2D eigenvalue weighted by Crippen LogP contribution is 2.21. The van der Waals surface area contributed by atoms with Crippen LogP contribution in [0.1, 0.15) is 23.0 Å². The maximum atomic E-state index is 12.2. The van der Waals surface area contributed by atoms with Crippen LogP contribution in [-0.4, -0.2) is 23.7 Å². The fourth-order valence-electron chi connectivity index (χ4n) is 2.32. The Morgan fingerprint density at radius 1 is 1.24 bits per heavy atom. The molecule has 0 saturated carbocycles. The van der Waals surface area contributed by atoms with Gasteiger partial charge >= 0.3 is 0 Å². The van der Waals surface area contributed by atoms with Gasteiger partial charge in [-0.1, -0.05) is 40.2 Å². The molecular formula is C19H16BrN3O2. The van der Waals surface area contributed by atoms with Gasteiger partial charge in [-0.3, -0.25) is 4.79 Å². The number of carbonyl (C=O) groups excluding carboxylic acids is 1. The molecule has 0 aliphatic heterocycles. The highest BCUT2D eigenvalue weighted by atomic mass is 79.9. The molecule has 1 amide bonds. The summed E-state index contributed by atoms with van der Waals surface area (Å²) in [4.78, 5) is 16.6. The van der Waals surface area contributed by atoms with E-state index in [0.717, 1.165) is 20.9 Å². The van der Waals surface area contributed by atoms with Crippen molar-refractivity contribution in [3.8, 4) is 5.75 Å². The minimum Gasteiger partial charge on any atom is -0.493 e. The van der Waals surface area contributed by atoms with Gasteiger partial charge in [0.25, 0.3) is 5.91 Å². The zero-order valence-corrected chi connectivity index (χ0v) is 15.2. The first-order valence-electron chi connectivity index (χ1n) is 7.79. The Hall–Kier alpha value is -2.73. The van der Waals surface area contributed by atoms with Crippen molar-refractivity contribution in [2.45, 2.75) is 6.92 Å². The normalized spacial score (nSPS) is 11.0. The summed E-state index contributed by atoms with van der Waals surface area (Å²) >= 11 is 3.41. The van der Waals surface area contributed by atoms with Crippen molar-refractivity contribution in [2.24, 2.45) is 5.10 Å². The number of rotatable bonds is 5. The number of nitrogens with zero attached hydrogens (tertiary/aromatic N) is 2. The number of fused-ring (bicyclic) bond motifs is 1. The van der Waals surface area contributed by atoms with E-state index in [-0.39, 0.29) is 5.91 Å². The molecule has 6 heteroatoms. The zero-order valence-electron chi connectivity index (χ0n) is 13.6. The second-order valence-corrected chi connectivity index (χ2v) is 6.12. The lowest BCUT2D eigenvalue weighted by atomic mass is 10.2. The molecule has 3 aromatic rings. The monoisotopic (exact) mass is 397 g/mol. The molecule has 0 fully saturated rings. The molecule has 1 N–H and O–H groups in total. The molecule has 0 bridgehead atoms. The van der Waals surface area contributed by atoms with Gasteiger partial charge in [0.2, 0.25) is 0 Å². The SMILES string of the molecule is CCOc1ccc(Br)cc1C=NNC(=O)c1ccc2ccccc2n1. The molecule has 5 nitrogen and oxygen atoms in total. The predicted octanol–water partition coefficient (Wildman–Crippen LogP) is 4.16. The second kappa shape index (κ2) is 7.90. The summed E-state index contributed by atoms with van der Waals surface area (Å²) in [5, 5.41) is 5.00. The van der Waals surface area contributed by atoms with Crippen molar-refractivity contribution in [3.63, 3.8) is 0 Å². The van der Waals surface area contributed by atoms with Crippen molar-refractivity contribution in [2.75, 3.05) is 6.61 Å². The molecule has 3 rings (SSSR count). The maximum absolute atomic E-state index is 12.2. The van der Waals surface area contributed by atoms with Crippen LogP contribution in [0.3, 0.4) is 0 Å². The third-order valence-corrected chi connectivity index (χ3v) is 3.97. The van der Waals surface area contributed by atoms with E-state index in [1.54, 1.807) is 12.3 Å². The van der Waals surface area contributed by atoms with E-state index in [1.165, 1.54) is 0 Å². The van der Waals surface area contributed by atoms with Crippen LogP contribution >= 0.6 is 15.9 Å². The third kappa shape index (κ3) is 4.22. The smallest absolute Gasteiger partial charge is 0.289 e. The maximum Gasteiger partial charge on any atom is 0.289 e. The molecule has 0 atom stereocenters. The van der Waals surface area contributed by atoms with E-state index in [2.05, 4.69) is 31.4 Å². The van der Waals surface area contributed by atoms with Gasteiger partial charge in [0.15, 0.2) is 0 Å². The van der Waals surface area contributed by atoms with E-state index < -0.39 is 0 Å². The summed E-state index contributed by atoms with van der Waals surface area (Å²) < 4.78 is 6.45. The van der Waals surface area contributed by atoms with Crippen LogP contribution in [-0.2, 0) is 0 Å². The molecule has 0 radical (unpaired) electrons. The van der Waals surface area contributed by atoms with E-state index >= 15 is 0 Å². The first kappa shape index (κ1) is 17.1. The average molecular weight is 398 g/mol. The molecule has 1 heterocycles. The van der Waals surface area contributed by atoms with Gasteiger partial charge in [0.05, 0.1) is 18.3 Å². The van der Waals surface area contributed by atoms with E-state index in [1.807, 2.05) is 55.5 Å². The van der Waals surface area contributed by atoms with Gasteiger partial charge in [-0.05, 0) is 37.3 Å². The number of nitrogens with one attached hydrogen (secondary N) is 1. The lowest BCUT2D eigenvalue weighted by Crippen LogP contribution is -2.19. The average Bonchev–Trinajstić information content (AvgIpc) is 2.63. The van der Waals surface area contributed by atoms with Crippen LogP contribution in [0.15, 0.2) is 64.2 Å². The topological polar surface area (TPSA) is 63.6 Å². The second-order valence-electron chi connectivity index (χ2n) is 5.20. The standard InChI is InChI=1S/C19H16BrN3O2/c1-2-25-18-10-8-15(20)11-14(18)12-21-23-19(24)17-9-7-13-5-3-4-6-16(13)22-17/h3-12H,2H2,1H3,(H,23,24). The number of para-hydroxylation sites is 1. The Morgan fingerprint density at radius 3 is 2.92 bits per heavy atom. The number of hydrazone groups is 1. The Bertz CT molecular complexity index is 941. The molecule has 1 aromatic heterocycles. The largest absolute Gasteiger partial charge is 0.493 e. The number of carbonyl (C=O) groups is 1. The van der Waals surface area contributed by atoms with Gasteiger partial charge in [-0.2, -0.15) is 5.10 Å². The van der Waals surface area contributed by atoms with Crippen molar-refractivity contribution < 1.29 is 9.53 Å². The Kier molecular flexibility index (Phi) is 5.40. The van der Waals surface area contributed by atoms with Crippen LogP contribution in [0.4, 0.5) is 0 Å². The Balaban J connectivity index is 1.75. The highest BCUT2D eigenvalue weighted by Gasteiger charge is 2.07. The fourth-order valence-corrected chi connectivity index (χ4v) is 2.70. The third-order valence-electron chi connectivity index (χ3n) is 3.47. The van der Waals surface area contributed by atoms with Crippen LogP contribution in [0.25, 0.3) is 10.9 Å². The summed E-state index contributed by atoms with van der Waals surface area (Å²) in [6.45, 7) is 2.46. The van der Waals surface area contributed by atoms with Gasteiger partial charge < -0.3 is 4.74 Å². The van der Waals surface area contributed by atoms with Crippen molar-refractivity contribution in [3.05, 3.63) is 70.3 Å². The number of benzene rings is 2. The minimum atomic E-state index is -0.366. The van der Waals surface area contributed by atoms with Crippen LogP contribution < -0.4 is 10.2 Å². The zero-order chi connectivity index (χ0) is 17.6. The lowest BCUT2D eigenvalue weighted by molar-refractivity contribution is 0.0950. The molecule has 0 aliphatic rings. The van der Waals surface area contributed by atoms with Crippen molar-refractivity contribution in [1.29, 1.82) is 0 Å². The van der Waals surface area contributed by atoms with Crippen LogP contribution in [0.2, 0.25) is 0 Å². The first-order valence-corrected chi connectivity index (χ1v) is 8.58. The van der Waals surface area contributed by atoms with Crippen LogP contribution in [0.5, 0.6) is 5.75 Å². The van der Waals surface area contributed by atoms with Crippen molar-refractivity contribution >= 4 is 39.0 Å². The summed E-state index contributed by atoms with van der Waals surface area (Å²) in [6.07, 6.45) is 1.55. The molecule has 25 heavy (non-hydrogen) atoms. The number of hydrogen-bond donors (Lipinski definition) is 1. The number of ether oxygens (including phenoxy) is 1. The molecule has 2 aromatic carbocycles. The van der Waals surface area contributed by atoms with E-state index in [9.17, 15) is 4.79 Å². The number of aromatic nitrogens is 1. The number of pyridine rings is 1. The summed E-state index contributed by atoms with van der Waals surface area (Å²) in [5.41, 5.74) is 4.35. The first-order chi connectivity index (χ1) is 12.2. The molecule has 0 aliphatic carbocycles. The predicted molar refractivity (Wildman–Crippen MR) is 102 cm³/mol. The van der Waals surface area contributed by atoms with Gasteiger partial charge in [-0.25, -0.2) is 10.4 Å². The fraction of sp³-hybridized carbons (Fsp3) is 0.105. The molecule has 0 saturated heterocycles. The van der Waals surface area contributed by atoms with E-state index in [0.29, 0.717) is 18.1 Å². The molecule has 0 spiro atoms. The van der Waals surface area contributed by atoms with Crippen molar-refractivity contribution in [1.82, 2.24) is 10.4 Å². The van der Waals surface area contributed by atoms with Gasteiger partial charge in [-0.15, -0.1) is 0 Å². The molecule has 0 unspecified atom stereocenters. The molecular weight excluding hydrogens is 382 g/mol. The van der Waals surface area contributed by atoms with Crippen LogP contribution in [0, 0.1) is 0 Å². The number of amides is 1. The Labute approximate surface area is 153 Å². The number of halogens is 1. The Morgan fingerprint density at radius 2 is 2.08 bits per heavy atom. The number of hydrogen-bond acceptors (Lipinski definition) is 4.